The molecule has 4 aliphatic heterocycles. The van der Waals surface area contributed by atoms with E-state index in [1.807, 2.05) is 0 Å². The number of piperidine rings is 2. The Morgan fingerprint density at radius 2 is 0.844 bits per heavy atom. The first-order valence-electron chi connectivity index (χ1n) is 12.8. The lowest BCUT2D eigenvalue weighted by atomic mass is 9.97. The van der Waals surface area contributed by atoms with Crippen molar-refractivity contribution in [1.82, 2.24) is 9.80 Å². The first-order valence-corrected chi connectivity index (χ1v) is 12.8. The zero-order valence-electron chi connectivity index (χ0n) is 19.4. The molecule has 2 unspecified atom stereocenters. The molecule has 4 saturated heterocycles. The van der Waals surface area contributed by atoms with Gasteiger partial charge in [-0.1, -0.05) is 60.7 Å². The summed E-state index contributed by atoms with van der Waals surface area (Å²) in [5, 5.41) is 0. The van der Waals surface area contributed by atoms with Crippen molar-refractivity contribution in [3.8, 4) is 0 Å². The number of nitrogens with two attached hydrogens (primary N) is 2. The predicted octanol–water partition coefficient (Wildman–Crippen LogP) is 4.28. The van der Waals surface area contributed by atoms with Crippen molar-refractivity contribution in [1.29, 1.82) is 0 Å². The van der Waals surface area contributed by atoms with Gasteiger partial charge in [-0.2, -0.15) is 0 Å². The number of fused-ring (bicyclic) bond motifs is 4. The lowest BCUT2D eigenvalue weighted by molar-refractivity contribution is 0.120. The van der Waals surface area contributed by atoms with Gasteiger partial charge in [0.25, 0.3) is 0 Å². The van der Waals surface area contributed by atoms with Crippen LogP contribution in [0.2, 0.25) is 0 Å². The van der Waals surface area contributed by atoms with E-state index < -0.39 is 0 Å². The average Bonchev–Trinajstić information content (AvgIpc) is 3.17. The van der Waals surface area contributed by atoms with E-state index in [0.717, 1.165) is 37.3 Å². The molecule has 0 spiro atoms. The van der Waals surface area contributed by atoms with Crippen LogP contribution in [-0.4, -0.2) is 46.1 Å². The highest BCUT2D eigenvalue weighted by Gasteiger charge is 2.40. The number of hydrogen-bond donors (Lipinski definition) is 2. The first-order chi connectivity index (χ1) is 15.7. The molecule has 4 N–H and O–H groups in total. The monoisotopic (exact) mass is 432 g/mol. The smallest absolute Gasteiger partial charge is 0.0239 e. The molecule has 4 fully saturated rings. The van der Waals surface area contributed by atoms with E-state index in [1.165, 1.54) is 62.5 Å². The zero-order valence-corrected chi connectivity index (χ0v) is 19.4. The third-order valence-corrected chi connectivity index (χ3v) is 8.26. The van der Waals surface area contributed by atoms with Gasteiger partial charge in [-0.15, -0.1) is 0 Å². The third-order valence-electron chi connectivity index (χ3n) is 8.26. The van der Waals surface area contributed by atoms with Crippen LogP contribution in [0.15, 0.2) is 60.7 Å². The van der Waals surface area contributed by atoms with Crippen LogP contribution in [0.5, 0.6) is 0 Å². The maximum Gasteiger partial charge on any atom is 0.0239 e. The molecule has 0 amide bonds. The lowest BCUT2D eigenvalue weighted by Gasteiger charge is -2.37. The second kappa shape index (κ2) is 10.0. The summed E-state index contributed by atoms with van der Waals surface area (Å²) in [7, 11) is 0. The molecule has 4 bridgehead atoms. The topological polar surface area (TPSA) is 58.5 Å². The van der Waals surface area contributed by atoms with Crippen LogP contribution < -0.4 is 11.5 Å². The molecule has 4 heteroatoms. The van der Waals surface area contributed by atoms with Crippen molar-refractivity contribution in [2.24, 2.45) is 11.5 Å². The molecule has 0 aromatic heterocycles. The van der Waals surface area contributed by atoms with Gasteiger partial charge in [0.15, 0.2) is 0 Å². The van der Waals surface area contributed by atoms with E-state index in [0.29, 0.717) is 12.1 Å². The highest BCUT2D eigenvalue weighted by Crippen LogP contribution is 2.37. The van der Waals surface area contributed by atoms with Gasteiger partial charge in [0.2, 0.25) is 0 Å². The number of hydrogen-bond acceptors (Lipinski definition) is 4. The van der Waals surface area contributed by atoms with E-state index in [2.05, 4.69) is 70.5 Å². The fourth-order valence-corrected chi connectivity index (χ4v) is 6.74. The molecule has 2 aromatic rings. The Balaban J connectivity index is 0.000000135. The minimum Gasteiger partial charge on any atom is -0.328 e. The van der Waals surface area contributed by atoms with Crippen LogP contribution >= 0.6 is 0 Å². The molecular formula is C28H40N4. The molecule has 4 aliphatic rings. The lowest BCUT2D eigenvalue weighted by Crippen LogP contribution is -2.46. The average molecular weight is 433 g/mol. The van der Waals surface area contributed by atoms with Crippen molar-refractivity contribution >= 4 is 0 Å². The largest absolute Gasteiger partial charge is 0.328 e. The predicted molar refractivity (Wildman–Crippen MR) is 132 cm³/mol. The Bertz CT molecular complexity index is 742. The highest BCUT2D eigenvalue weighted by molar-refractivity contribution is 5.16. The van der Waals surface area contributed by atoms with Gasteiger partial charge in [-0.3, -0.25) is 9.80 Å². The second-order valence-electron chi connectivity index (χ2n) is 10.5. The van der Waals surface area contributed by atoms with Crippen LogP contribution in [-0.2, 0) is 13.1 Å². The standard InChI is InChI=1S/2C14H20N2/c2*15-12-8-13-6-7-14(9-12)16(13)10-11-4-2-1-3-5-11/h2*1-5,12-14H,6-10,15H2/t2*12?,13-,14+. The molecule has 4 nitrogen and oxygen atoms in total. The van der Waals surface area contributed by atoms with Crippen molar-refractivity contribution in [2.45, 2.75) is 101 Å². The van der Waals surface area contributed by atoms with Crippen molar-refractivity contribution < 1.29 is 0 Å². The van der Waals surface area contributed by atoms with E-state index >= 15 is 0 Å². The Morgan fingerprint density at radius 3 is 1.16 bits per heavy atom. The van der Waals surface area contributed by atoms with E-state index in [9.17, 15) is 0 Å². The van der Waals surface area contributed by atoms with Gasteiger partial charge in [0.1, 0.15) is 0 Å². The van der Waals surface area contributed by atoms with Gasteiger partial charge in [0, 0.05) is 49.3 Å². The fourth-order valence-electron chi connectivity index (χ4n) is 6.74. The summed E-state index contributed by atoms with van der Waals surface area (Å²) in [5.41, 5.74) is 15.0. The van der Waals surface area contributed by atoms with E-state index in [-0.39, 0.29) is 0 Å². The highest BCUT2D eigenvalue weighted by atomic mass is 15.2. The number of benzene rings is 2. The maximum absolute atomic E-state index is 6.08. The number of rotatable bonds is 4. The molecule has 0 saturated carbocycles. The minimum atomic E-state index is 0.449. The molecule has 0 aliphatic carbocycles. The molecule has 2 aromatic carbocycles. The van der Waals surface area contributed by atoms with Crippen LogP contribution in [0.25, 0.3) is 0 Å². The summed E-state index contributed by atoms with van der Waals surface area (Å²) >= 11 is 0. The summed E-state index contributed by atoms with van der Waals surface area (Å²) in [4.78, 5) is 5.36. The van der Waals surface area contributed by atoms with Gasteiger partial charge in [0.05, 0.1) is 0 Å². The molecule has 6 atom stereocenters. The van der Waals surface area contributed by atoms with Crippen LogP contribution in [0, 0.1) is 0 Å². The quantitative estimate of drug-likeness (QED) is 0.757. The molecular weight excluding hydrogens is 392 g/mol. The summed E-state index contributed by atoms with van der Waals surface area (Å²) in [6, 6.07) is 25.5. The van der Waals surface area contributed by atoms with Gasteiger partial charge in [-0.25, -0.2) is 0 Å². The SMILES string of the molecule is NC1C[C@H]2CC[C@@H](C1)N2Cc1ccccc1.NC1C[C@H]2CC[C@@H](C1)N2Cc1ccccc1. The van der Waals surface area contributed by atoms with Crippen molar-refractivity contribution in [3.05, 3.63) is 71.8 Å². The summed E-state index contributed by atoms with van der Waals surface area (Å²) in [6.45, 7) is 2.23. The number of nitrogens with zero attached hydrogens (tertiary/aromatic N) is 2. The second-order valence-corrected chi connectivity index (χ2v) is 10.5. The minimum absolute atomic E-state index is 0.449. The van der Waals surface area contributed by atoms with Crippen LogP contribution in [0.1, 0.15) is 62.5 Å². The van der Waals surface area contributed by atoms with Gasteiger partial charge < -0.3 is 11.5 Å². The van der Waals surface area contributed by atoms with E-state index in [4.69, 9.17) is 11.5 Å². The van der Waals surface area contributed by atoms with Crippen molar-refractivity contribution in [3.63, 3.8) is 0 Å². The molecule has 32 heavy (non-hydrogen) atoms. The van der Waals surface area contributed by atoms with Gasteiger partial charge >= 0.3 is 0 Å². The van der Waals surface area contributed by atoms with Crippen molar-refractivity contribution in [2.75, 3.05) is 0 Å². The molecule has 6 rings (SSSR count). The summed E-state index contributed by atoms with van der Waals surface area (Å²) in [6.07, 6.45) is 10.2. The first kappa shape index (κ1) is 22.1. The normalized spacial score (nSPS) is 34.2. The Morgan fingerprint density at radius 1 is 0.531 bits per heavy atom. The molecule has 0 radical (unpaired) electrons. The fraction of sp³-hybridized carbons (Fsp3) is 0.571. The Hall–Kier alpha value is -1.72. The van der Waals surface area contributed by atoms with E-state index in [1.54, 1.807) is 0 Å². The third kappa shape index (κ3) is 5.09. The summed E-state index contributed by atoms with van der Waals surface area (Å²) < 4.78 is 0. The Kier molecular flexibility index (Phi) is 6.94. The molecule has 4 heterocycles. The maximum atomic E-state index is 6.08. The summed E-state index contributed by atoms with van der Waals surface area (Å²) in [5.74, 6) is 0. The Labute approximate surface area is 194 Å². The van der Waals surface area contributed by atoms with Crippen LogP contribution in [0.4, 0.5) is 0 Å². The van der Waals surface area contributed by atoms with Gasteiger partial charge in [-0.05, 0) is 62.5 Å². The van der Waals surface area contributed by atoms with Crippen LogP contribution in [0.3, 0.4) is 0 Å². The zero-order chi connectivity index (χ0) is 21.9. The molecule has 172 valence electrons.